The molecule has 2 aliphatic rings. The Labute approximate surface area is 160 Å². The quantitative estimate of drug-likeness (QED) is 0.387. The fourth-order valence-corrected chi connectivity index (χ4v) is 3.70. The molecule has 0 unspecified atom stereocenters. The lowest BCUT2D eigenvalue weighted by Crippen LogP contribution is -2.20. The zero-order valence-corrected chi connectivity index (χ0v) is 16.7. The molecule has 0 aromatic carbocycles. The van der Waals surface area contributed by atoms with Crippen LogP contribution in [0.1, 0.15) is 40.5 Å². The van der Waals surface area contributed by atoms with E-state index < -0.39 is 12.1 Å². The van der Waals surface area contributed by atoms with Crippen LogP contribution in [-0.4, -0.2) is 30.9 Å². The maximum Gasteiger partial charge on any atom is 0.333 e. The Morgan fingerprint density at radius 3 is 2.59 bits per heavy atom. The van der Waals surface area contributed by atoms with Gasteiger partial charge in [-0.05, 0) is 37.2 Å². The zero-order valence-electron chi connectivity index (χ0n) is 16.7. The van der Waals surface area contributed by atoms with Gasteiger partial charge in [0, 0.05) is 11.1 Å². The summed E-state index contributed by atoms with van der Waals surface area (Å²) in [6, 6.07) is 0. The van der Waals surface area contributed by atoms with Crippen LogP contribution in [0.15, 0.2) is 47.6 Å². The first kappa shape index (κ1) is 20.9. The largest absolute Gasteiger partial charge is 0.466 e. The van der Waals surface area contributed by atoms with E-state index in [1.54, 1.807) is 25.2 Å². The smallest absolute Gasteiger partial charge is 0.333 e. The summed E-state index contributed by atoms with van der Waals surface area (Å²) in [5, 5.41) is 0. The lowest BCUT2D eigenvalue weighted by molar-refractivity contribution is -0.150. The van der Waals surface area contributed by atoms with Gasteiger partial charge in [-0.3, -0.25) is 9.59 Å². The molecule has 0 heterocycles. The van der Waals surface area contributed by atoms with Crippen LogP contribution in [0.2, 0.25) is 0 Å². The van der Waals surface area contributed by atoms with E-state index in [1.807, 2.05) is 26.8 Å². The number of ether oxygens (including phenoxy) is 2. The van der Waals surface area contributed by atoms with Crippen LogP contribution in [0.3, 0.4) is 0 Å². The summed E-state index contributed by atoms with van der Waals surface area (Å²) in [6.45, 7) is 11.1. The maximum atomic E-state index is 12.7. The van der Waals surface area contributed by atoms with Crippen molar-refractivity contribution in [1.82, 2.24) is 0 Å². The summed E-state index contributed by atoms with van der Waals surface area (Å²) < 4.78 is 10.4. The first-order valence-electron chi connectivity index (χ1n) is 9.12. The van der Waals surface area contributed by atoms with Crippen molar-refractivity contribution in [3.63, 3.8) is 0 Å². The van der Waals surface area contributed by atoms with Gasteiger partial charge in [0.25, 0.3) is 0 Å². The number of Topliss-reactive ketones (excluding diaryl/α,β-unsaturated/α-hetero) is 1. The normalized spacial score (nSPS) is 27.1. The highest BCUT2D eigenvalue weighted by Crippen LogP contribution is 2.60. The molecule has 5 heteroatoms. The second kappa shape index (κ2) is 8.07. The lowest BCUT2D eigenvalue weighted by atomic mass is 10.1. The Hall–Kier alpha value is -2.43. The molecule has 2 aliphatic carbocycles. The number of carbonyl (C=O) groups is 3. The van der Waals surface area contributed by atoms with Gasteiger partial charge >= 0.3 is 11.9 Å². The maximum absolute atomic E-state index is 12.7. The zero-order chi connectivity index (χ0) is 20.4. The fraction of sp³-hybridized carbons (Fsp3) is 0.500. The minimum absolute atomic E-state index is 0.0204. The van der Waals surface area contributed by atoms with Gasteiger partial charge in [0.15, 0.2) is 5.78 Å². The van der Waals surface area contributed by atoms with Gasteiger partial charge in [-0.15, -0.1) is 0 Å². The highest BCUT2D eigenvalue weighted by molar-refractivity contribution is 6.00. The molecule has 0 aliphatic heterocycles. The lowest BCUT2D eigenvalue weighted by Gasteiger charge is -2.13. The Morgan fingerprint density at radius 1 is 1.33 bits per heavy atom. The molecular weight excluding hydrogens is 344 g/mol. The Balaban J connectivity index is 2.07. The molecule has 0 amide bonds. The molecule has 0 aromatic rings. The molecule has 1 saturated carbocycles. The van der Waals surface area contributed by atoms with Crippen molar-refractivity contribution in [1.29, 1.82) is 0 Å². The molecule has 0 bridgehead atoms. The molecule has 0 spiro atoms. The van der Waals surface area contributed by atoms with Crippen molar-refractivity contribution in [3.05, 3.63) is 47.6 Å². The van der Waals surface area contributed by atoms with Crippen LogP contribution < -0.4 is 0 Å². The minimum Gasteiger partial charge on any atom is -0.466 e. The molecule has 5 nitrogen and oxygen atoms in total. The summed E-state index contributed by atoms with van der Waals surface area (Å²) in [5.74, 6) is -1.11. The second-order valence-electron chi connectivity index (χ2n) is 7.75. The summed E-state index contributed by atoms with van der Waals surface area (Å²) >= 11 is 0. The Kier molecular flexibility index (Phi) is 6.24. The average Bonchev–Trinajstić information content (AvgIpc) is 3.05. The van der Waals surface area contributed by atoms with Crippen molar-refractivity contribution in [2.75, 3.05) is 7.11 Å². The number of hydrogen-bond acceptors (Lipinski definition) is 5. The summed E-state index contributed by atoms with van der Waals surface area (Å²) in [7, 11) is 1.33. The number of rotatable bonds is 7. The molecule has 0 radical (unpaired) electrons. The average molecular weight is 372 g/mol. The standard InChI is InChI=1S/C22H28O5/c1-7-8-9-10-15-14(3)18(12-17(15)23)27-21(25)19-16(22(19,4)5)11-13(2)20(24)26-6/h7-9,11,16,18-19H,1,10,12H2,2-6H3/b9-8-,13-11+/t16-,18-,19+/m1/s1. The van der Waals surface area contributed by atoms with Crippen molar-refractivity contribution in [2.24, 2.45) is 17.3 Å². The van der Waals surface area contributed by atoms with E-state index in [1.165, 1.54) is 7.11 Å². The predicted octanol–water partition coefficient (Wildman–Crippen LogP) is 3.71. The van der Waals surface area contributed by atoms with Crippen molar-refractivity contribution in [2.45, 2.75) is 46.6 Å². The fourth-order valence-electron chi connectivity index (χ4n) is 3.70. The van der Waals surface area contributed by atoms with E-state index in [2.05, 4.69) is 6.58 Å². The topological polar surface area (TPSA) is 69.7 Å². The van der Waals surface area contributed by atoms with E-state index in [4.69, 9.17) is 9.47 Å². The molecular formula is C22H28O5. The van der Waals surface area contributed by atoms with E-state index >= 15 is 0 Å². The number of hydrogen-bond donors (Lipinski definition) is 0. The molecule has 0 N–H and O–H groups in total. The van der Waals surface area contributed by atoms with Crippen LogP contribution >= 0.6 is 0 Å². The molecule has 27 heavy (non-hydrogen) atoms. The third-order valence-electron chi connectivity index (χ3n) is 5.62. The number of allylic oxidation sites excluding steroid dienone is 5. The molecule has 0 saturated heterocycles. The number of ketones is 1. The predicted molar refractivity (Wildman–Crippen MR) is 103 cm³/mol. The van der Waals surface area contributed by atoms with Crippen molar-refractivity contribution in [3.8, 4) is 0 Å². The third kappa shape index (κ3) is 4.29. The molecule has 2 rings (SSSR count). The molecule has 3 atom stereocenters. The van der Waals surface area contributed by atoms with Crippen molar-refractivity contribution < 1.29 is 23.9 Å². The van der Waals surface area contributed by atoms with Gasteiger partial charge in [-0.2, -0.15) is 0 Å². The first-order chi connectivity index (χ1) is 12.6. The van der Waals surface area contributed by atoms with Crippen LogP contribution in [-0.2, 0) is 23.9 Å². The SMILES string of the molecule is C=C/C=C\CC1=C(C)[C@H](OC(=O)[C@@H]2[C@@H](/C=C(\C)C(=O)OC)C2(C)C)CC1=O. The Bertz CT molecular complexity index is 751. The van der Waals surface area contributed by atoms with Gasteiger partial charge < -0.3 is 9.47 Å². The number of esters is 2. The van der Waals surface area contributed by atoms with Gasteiger partial charge in [0.05, 0.1) is 19.4 Å². The number of methoxy groups -OCH3 is 1. The van der Waals surface area contributed by atoms with Gasteiger partial charge in [-0.25, -0.2) is 4.79 Å². The van der Waals surface area contributed by atoms with Gasteiger partial charge in [0.1, 0.15) is 6.10 Å². The number of carbonyl (C=O) groups excluding carboxylic acids is 3. The highest BCUT2D eigenvalue weighted by Gasteiger charge is 2.62. The first-order valence-corrected chi connectivity index (χ1v) is 9.12. The van der Waals surface area contributed by atoms with Crippen LogP contribution in [0.5, 0.6) is 0 Å². The molecule has 1 fully saturated rings. The van der Waals surface area contributed by atoms with E-state index in [9.17, 15) is 14.4 Å². The van der Waals surface area contributed by atoms with Crippen LogP contribution in [0.4, 0.5) is 0 Å². The van der Waals surface area contributed by atoms with Crippen molar-refractivity contribution >= 4 is 17.7 Å². The summed E-state index contributed by atoms with van der Waals surface area (Å²) in [6.07, 6.45) is 7.32. The summed E-state index contributed by atoms with van der Waals surface area (Å²) in [5.41, 5.74) is 1.72. The third-order valence-corrected chi connectivity index (χ3v) is 5.62. The molecule has 146 valence electrons. The van der Waals surface area contributed by atoms with Crippen LogP contribution in [0.25, 0.3) is 0 Å². The van der Waals surface area contributed by atoms with E-state index in [-0.39, 0.29) is 35.4 Å². The Morgan fingerprint density at radius 2 is 2.00 bits per heavy atom. The monoisotopic (exact) mass is 372 g/mol. The van der Waals surface area contributed by atoms with E-state index in [0.717, 1.165) is 5.57 Å². The molecule has 0 aromatic heterocycles. The van der Waals surface area contributed by atoms with E-state index in [0.29, 0.717) is 17.6 Å². The highest BCUT2D eigenvalue weighted by atomic mass is 16.5. The summed E-state index contributed by atoms with van der Waals surface area (Å²) in [4.78, 5) is 36.5. The van der Waals surface area contributed by atoms with Gasteiger partial charge in [0.2, 0.25) is 0 Å². The second-order valence-corrected chi connectivity index (χ2v) is 7.75. The van der Waals surface area contributed by atoms with Crippen LogP contribution in [0, 0.1) is 17.3 Å². The minimum atomic E-state index is -0.500. The van der Waals surface area contributed by atoms with Gasteiger partial charge in [-0.1, -0.05) is 44.7 Å².